The maximum absolute atomic E-state index is 13.1. The third kappa shape index (κ3) is 4.29. The Balaban J connectivity index is 2.21. The summed E-state index contributed by atoms with van der Waals surface area (Å²) >= 11 is 6.77. The van der Waals surface area contributed by atoms with Gasteiger partial charge in [-0.3, -0.25) is 19.1 Å². The summed E-state index contributed by atoms with van der Waals surface area (Å²) in [4.78, 5) is 32.8. The molecular weight excluding hydrogens is 430 g/mol. The van der Waals surface area contributed by atoms with Crippen molar-refractivity contribution in [2.75, 3.05) is 38.1 Å². The van der Waals surface area contributed by atoms with Crippen molar-refractivity contribution in [3.8, 4) is 6.07 Å². The van der Waals surface area contributed by atoms with Crippen LogP contribution in [0.1, 0.15) is 43.9 Å². The molecule has 0 saturated carbocycles. The molecule has 1 amide bonds. The number of piperazine rings is 1. The number of hydrogen-bond donors (Lipinski definition) is 0. The van der Waals surface area contributed by atoms with Crippen LogP contribution >= 0.6 is 24.0 Å². The van der Waals surface area contributed by atoms with E-state index in [0.717, 1.165) is 44.0 Å². The standard InChI is InChI=1S/C22H29N5O2S2/c1-6-14(3)27-21(29)18(31-22(27)30)12-16-15(4)17(13-23)20(28)26(7-2)19(16)25-10-8-24(5)9-11-25/h12,14H,6-11H2,1-5H3/b18-12-. The second kappa shape index (κ2) is 9.55. The van der Waals surface area contributed by atoms with Gasteiger partial charge in [-0.2, -0.15) is 5.26 Å². The normalized spacial score (nSPS) is 19.9. The highest BCUT2D eigenvalue weighted by molar-refractivity contribution is 8.26. The highest BCUT2D eigenvalue weighted by Gasteiger charge is 2.35. The van der Waals surface area contributed by atoms with E-state index in [9.17, 15) is 14.9 Å². The zero-order chi connectivity index (χ0) is 22.9. The van der Waals surface area contributed by atoms with Crippen LogP contribution in [0.3, 0.4) is 0 Å². The van der Waals surface area contributed by atoms with Gasteiger partial charge in [0.1, 0.15) is 21.8 Å². The summed E-state index contributed by atoms with van der Waals surface area (Å²) in [7, 11) is 2.08. The maximum Gasteiger partial charge on any atom is 0.270 e. The van der Waals surface area contributed by atoms with Crippen molar-refractivity contribution in [1.82, 2.24) is 14.4 Å². The third-order valence-electron chi connectivity index (χ3n) is 6.10. The van der Waals surface area contributed by atoms with Crippen LogP contribution in [0.4, 0.5) is 5.82 Å². The fourth-order valence-corrected chi connectivity index (χ4v) is 5.41. The number of nitriles is 1. The first-order valence-corrected chi connectivity index (χ1v) is 11.9. The number of anilines is 1. The molecule has 2 aliphatic heterocycles. The van der Waals surface area contributed by atoms with E-state index in [1.165, 1.54) is 11.8 Å². The average molecular weight is 460 g/mol. The molecular formula is C22H29N5O2S2. The number of thiocarbonyl (C=S) groups is 1. The molecule has 0 spiro atoms. The first-order valence-electron chi connectivity index (χ1n) is 10.6. The van der Waals surface area contributed by atoms with Gasteiger partial charge in [0, 0.05) is 44.3 Å². The fraction of sp³-hybridized carbons (Fsp3) is 0.545. The molecule has 2 fully saturated rings. The zero-order valence-electron chi connectivity index (χ0n) is 18.8. The third-order valence-corrected chi connectivity index (χ3v) is 7.43. The molecule has 0 radical (unpaired) electrons. The van der Waals surface area contributed by atoms with Crippen LogP contribution in [0.15, 0.2) is 9.70 Å². The lowest BCUT2D eigenvalue weighted by molar-refractivity contribution is -0.123. The minimum Gasteiger partial charge on any atom is -0.355 e. The Hall–Kier alpha value is -2.15. The van der Waals surface area contributed by atoms with E-state index in [4.69, 9.17) is 12.2 Å². The van der Waals surface area contributed by atoms with Crippen molar-refractivity contribution in [2.45, 2.75) is 46.7 Å². The van der Waals surface area contributed by atoms with Crippen LogP contribution in [0.2, 0.25) is 0 Å². The van der Waals surface area contributed by atoms with Gasteiger partial charge in [-0.25, -0.2) is 0 Å². The second-order valence-electron chi connectivity index (χ2n) is 8.00. The van der Waals surface area contributed by atoms with Crippen molar-refractivity contribution in [2.24, 2.45) is 0 Å². The molecule has 0 aliphatic carbocycles. The Morgan fingerprint density at radius 1 is 1.23 bits per heavy atom. The molecule has 2 aliphatic rings. The maximum atomic E-state index is 13.1. The Labute approximate surface area is 193 Å². The molecule has 1 aromatic rings. The lowest BCUT2D eigenvalue weighted by Crippen LogP contribution is -2.47. The SMILES string of the molecule is CCC(C)N1C(=O)/C(=C/c2c(C)c(C#N)c(=O)n(CC)c2N2CCN(C)CC2)SC1=S. The van der Waals surface area contributed by atoms with Crippen LogP contribution in [-0.2, 0) is 11.3 Å². The van der Waals surface area contributed by atoms with E-state index in [1.807, 2.05) is 26.8 Å². The minimum atomic E-state index is -0.277. The Bertz CT molecular complexity index is 1030. The van der Waals surface area contributed by atoms with Crippen molar-refractivity contribution >= 4 is 46.1 Å². The van der Waals surface area contributed by atoms with E-state index in [-0.39, 0.29) is 23.1 Å². The fourth-order valence-electron chi connectivity index (χ4n) is 3.97. The van der Waals surface area contributed by atoms with E-state index in [0.29, 0.717) is 21.3 Å². The Kier molecular flexibility index (Phi) is 7.24. The molecule has 1 atom stereocenters. The van der Waals surface area contributed by atoms with Gasteiger partial charge in [0.2, 0.25) is 0 Å². The summed E-state index contributed by atoms with van der Waals surface area (Å²) in [5.74, 6) is 0.673. The number of hydrogen-bond acceptors (Lipinski definition) is 7. The van der Waals surface area contributed by atoms with Gasteiger partial charge in [0.15, 0.2) is 0 Å². The largest absolute Gasteiger partial charge is 0.355 e. The number of aromatic nitrogens is 1. The van der Waals surface area contributed by atoms with E-state index >= 15 is 0 Å². The van der Waals surface area contributed by atoms with Crippen molar-refractivity contribution in [3.05, 3.63) is 31.9 Å². The summed E-state index contributed by atoms with van der Waals surface area (Å²) in [5.41, 5.74) is 1.22. The predicted octanol–water partition coefficient (Wildman–Crippen LogP) is 2.80. The highest BCUT2D eigenvalue weighted by Crippen LogP contribution is 2.37. The van der Waals surface area contributed by atoms with E-state index in [1.54, 1.807) is 16.4 Å². The van der Waals surface area contributed by atoms with Gasteiger partial charge >= 0.3 is 0 Å². The van der Waals surface area contributed by atoms with Gasteiger partial charge in [0.05, 0.1) is 4.91 Å². The van der Waals surface area contributed by atoms with E-state index in [2.05, 4.69) is 22.9 Å². The minimum absolute atomic E-state index is 0.0239. The van der Waals surface area contributed by atoms with Gasteiger partial charge in [0.25, 0.3) is 11.5 Å². The van der Waals surface area contributed by atoms with Crippen molar-refractivity contribution in [3.63, 3.8) is 0 Å². The van der Waals surface area contributed by atoms with Crippen LogP contribution in [0.5, 0.6) is 0 Å². The number of amides is 1. The molecule has 1 unspecified atom stereocenters. The highest BCUT2D eigenvalue weighted by atomic mass is 32.2. The van der Waals surface area contributed by atoms with Crippen LogP contribution < -0.4 is 10.5 Å². The first-order chi connectivity index (χ1) is 14.7. The summed E-state index contributed by atoms with van der Waals surface area (Å²) < 4.78 is 2.21. The number of carbonyl (C=O) groups is 1. The number of pyridine rings is 1. The number of nitrogens with zero attached hydrogens (tertiary/aromatic N) is 5. The Morgan fingerprint density at radius 2 is 1.87 bits per heavy atom. The van der Waals surface area contributed by atoms with E-state index < -0.39 is 0 Å². The zero-order valence-corrected chi connectivity index (χ0v) is 20.4. The topological polar surface area (TPSA) is 72.6 Å². The molecule has 0 N–H and O–H groups in total. The lowest BCUT2D eigenvalue weighted by Gasteiger charge is -2.36. The van der Waals surface area contributed by atoms with Crippen LogP contribution in [0, 0.1) is 18.3 Å². The first kappa shape index (κ1) is 23.5. The molecule has 7 nitrogen and oxygen atoms in total. The smallest absolute Gasteiger partial charge is 0.270 e. The molecule has 1 aromatic heterocycles. The molecule has 0 bridgehead atoms. The summed E-state index contributed by atoms with van der Waals surface area (Å²) in [5, 5.41) is 9.68. The summed E-state index contributed by atoms with van der Waals surface area (Å²) in [6.45, 7) is 11.5. The molecule has 3 rings (SSSR count). The molecule has 9 heteroatoms. The number of likely N-dealkylation sites (N-methyl/N-ethyl adjacent to an activating group) is 1. The van der Waals surface area contributed by atoms with Gasteiger partial charge < -0.3 is 9.80 Å². The molecule has 2 saturated heterocycles. The lowest BCUT2D eigenvalue weighted by atomic mass is 10.0. The van der Waals surface area contributed by atoms with Gasteiger partial charge in [-0.15, -0.1) is 0 Å². The van der Waals surface area contributed by atoms with Gasteiger partial charge in [-0.1, -0.05) is 30.9 Å². The second-order valence-corrected chi connectivity index (χ2v) is 9.67. The van der Waals surface area contributed by atoms with Crippen LogP contribution in [0.25, 0.3) is 6.08 Å². The molecule has 0 aromatic carbocycles. The summed E-state index contributed by atoms with van der Waals surface area (Å²) in [6.07, 6.45) is 2.64. The monoisotopic (exact) mass is 459 g/mol. The predicted molar refractivity (Wildman–Crippen MR) is 130 cm³/mol. The quantitative estimate of drug-likeness (QED) is 0.495. The molecule has 31 heavy (non-hydrogen) atoms. The molecule has 166 valence electrons. The van der Waals surface area contributed by atoms with Crippen molar-refractivity contribution < 1.29 is 4.79 Å². The number of carbonyl (C=O) groups excluding carboxylic acids is 1. The molecule has 3 heterocycles. The van der Waals surface area contributed by atoms with Crippen LogP contribution in [-0.4, -0.2) is 63.9 Å². The number of thioether (sulfide) groups is 1. The van der Waals surface area contributed by atoms with Crippen molar-refractivity contribution in [1.29, 1.82) is 5.26 Å². The van der Waals surface area contributed by atoms with Gasteiger partial charge in [-0.05, 0) is 45.9 Å². The summed E-state index contributed by atoms with van der Waals surface area (Å²) in [6, 6.07) is 2.10. The Morgan fingerprint density at radius 3 is 2.42 bits per heavy atom. The number of rotatable bonds is 5. The average Bonchev–Trinajstić information content (AvgIpc) is 3.03.